The summed E-state index contributed by atoms with van der Waals surface area (Å²) in [5, 5.41) is 11.3. The second-order valence-corrected chi connectivity index (χ2v) is 8.65. The van der Waals surface area contributed by atoms with Gasteiger partial charge in [0.05, 0.1) is 25.8 Å². The number of nitrogens with zero attached hydrogens (tertiary/aromatic N) is 2. The Hall–Kier alpha value is -3.32. The third-order valence-corrected chi connectivity index (χ3v) is 6.57. The summed E-state index contributed by atoms with van der Waals surface area (Å²) in [4.78, 5) is 29.2. The van der Waals surface area contributed by atoms with Crippen molar-refractivity contribution in [1.29, 1.82) is 0 Å². The highest BCUT2D eigenvalue weighted by atomic mass is 16.5. The Morgan fingerprint density at radius 1 is 1.15 bits per heavy atom. The first-order valence-electron chi connectivity index (χ1n) is 11.2. The molecule has 0 spiro atoms. The minimum absolute atomic E-state index is 0.0124. The van der Waals surface area contributed by atoms with E-state index in [1.165, 1.54) is 0 Å². The molecule has 1 aliphatic heterocycles. The van der Waals surface area contributed by atoms with E-state index in [0.29, 0.717) is 18.8 Å². The fourth-order valence-corrected chi connectivity index (χ4v) is 4.89. The second-order valence-electron chi connectivity index (χ2n) is 8.65. The maximum Gasteiger partial charge on any atom is 0.309 e. The standard InChI is InChI=1S/C26H30N2O5/c1-4-12-27(2)23(29)16-28-15-21(19-6-5-17-11-13-33-22(17)14-19)24(26(30)31)25(28)18-7-9-20(32-3)10-8-18/h5-11,13-14,21,24-25H,4,12,15-16H2,1-3H3,(H,30,31)/t21-,24+,25-/m1/s1. The van der Waals surface area contributed by atoms with Gasteiger partial charge in [-0.25, -0.2) is 0 Å². The van der Waals surface area contributed by atoms with E-state index in [-0.39, 0.29) is 18.4 Å². The van der Waals surface area contributed by atoms with E-state index in [1.54, 1.807) is 25.3 Å². The van der Waals surface area contributed by atoms with Crippen LogP contribution in [-0.4, -0.2) is 60.6 Å². The SMILES string of the molecule is CCCN(C)C(=O)CN1C[C@H](c2ccc3ccoc3c2)[C@H](C(=O)O)[C@H]1c1ccc(OC)cc1. The van der Waals surface area contributed by atoms with E-state index in [2.05, 4.69) is 0 Å². The van der Waals surface area contributed by atoms with Crippen molar-refractivity contribution >= 4 is 22.8 Å². The van der Waals surface area contributed by atoms with Gasteiger partial charge in [-0.1, -0.05) is 31.2 Å². The molecule has 0 aliphatic carbocycles. The van der Waals surface area contributed by atoms with Gasteiger partial charge >= 0.3 is 5.97 Å². The molecule has 1 amide bonds. The molecule has 7 nitrogen and oxygen atoms in total. The number of likely N-dealkylation sites (tertiary alicyclic amines) is 1. The molecule has 0 bridgehead atoms. The number of rotatable bonds is 8. The molecule has 3 atom stereocenters. The number of carbonyl (C=O) groups is 2. The van der Waals surface area contributed by atoms with E-state index < -0.39 is 17.9 Å². The van der Waals surface area contributed by atoms with Crippen LogP contribution >= 0.6 is 0 Å². The Kier molecular flexibility index (Phi) is 6.70. The molecule has 3 aromatic rings. The Bertz CT molecular complexity index is 1120. The number of fused-ring (bicyclic) bond motifs is 1. The van der Waals surface area contributed by atoms with Gasteiger partial charge < -0.3 is 19.2 Å². The smallest absolute Gasteiger partial charge is 0.309 e. The van der Waals surface area contributed by atoms with Crippen LogP contribution in [0.15, 0.2) is 59.2 Å². The van der Waals surface area contributed by atoms with E-state index in [0.717, 1.165) is 28.5 Å². The zero-order chi connectivity index (χ0) is 23.5. The van der Waals surface area contributed by atoms with Gasteiger partial charge in [-0.3, -0.25) is 14.5 Å². The number of carbonyl (C=O) groups excluding carboxylic acids is 1. The highest BCUT2D eigenvalue weighted by Gasteiger charge is 2.48. The van der Waals surface area contributed by atoms with Gasteiger partial charge in [-0.2, -0.15) is 0 Å². The highest BCUT2D eigenvalue weighted by molar-refractivity contribution is 5.80. The second kappa shape index (κ2) is 9.67. The summed E-state index contributed by atoms with van der Waals surface area (Å²) < 4.78 is 10.8. The molecule has 2 aromatic carbocycles. The van der Waals surface area contributed by atoms with Crippen LogP contribution in [0.2, 0.25) is 0 Å². The number of hydrogen-bond acceptors (Lipinski definition) is 5. The molecule has 0 saturated carbocycles. The zero-order valence-corrected chi connectivity index (χ0v) is 19.2. The van der Waals surface area contributed by atoms with Gasteiger partial charge in [0, 0.05) is 37.5 Å². The number of ether oxygens (including phenoxy) is 1. The summed E-state index contributed by atoms with van der Waals surface area (Å²) in [6, 6.07) is 14.8. The number of aliphatic carboxylic acids is 1. The Morgan fingerprint density at radius 3 is 2.55 bits per heavy atom. The average molecular weight is 451 g/mol. The Morgan fingerprint density at radius 2 is 1.88 bits per heavy atom. The average Bonchev–Trinajstić information content (AvgIpc) is 3.43. The lowest BCUT2D eigenvalue weighted by Gasteiger charge is -2.28. The van der Waals surface area contributed by atoms with Crippen molar-refractivity contribution < 1.29 is 23.8 Å². The zero-order valence-electron chi connectivity index (χ0n) is 19.2. The first-order valence-corrected chi connectivity index (χ1v) is 11.2. The summed E-state index contributed by atoms with van der Waals surface area (Å²) in [5.41, 5.74) is 2.49. The number of amides is 1. The van der Waals surface area contributed by atoms with Gasteiger partial charge in [-0.05, 0) is 41.8 Å². The van der Waals surface area contributed by atoms with Crippen LogP contribution in [-0.2, 0) is 9.59 Å². The predicted molar refractivity (Wildman–Crippen MR) is 125 cm³/mol. The van der Waals surface area contributed by atoms with Gasteiger partial charge in [-0.15, -0.1) is 0 Å². The fraction of sp³-hybridized carbons (Fsp3) is 0.385. The molecule has 1 aliphatic rings. The molecule has 33 heavy (non-hydrogen) atoms. The minimum atomic E-state index is -0.878. The quantitative estimate of drug-likeness (QED) is 0.555. The number of carboxylic acid groups (broad SMARTS) is 1. The summed E-state index contributed by atoms with van der Waals surface area (Å²) in [7, 11) is 3.39. The van der Waals surface area contributed by atoms with Crippen molar-refractivity contribution in [3.8, 4) is 5.75 Å². The van der Waals surface area contributed by atoms with Gasteiger partial charge in [0.2, 0.25) is 5.91 Å². The molecule has 1 saturated heterocycles. The number of furan rings is 1. The minimum Gasteiger partial charge on any atom is -0.497 e. The third-order valence-electron chi connectivity index (χ3n) is 6.57. The van der Waals surface area contributed by atoms with Crippen LogP contribution in [0.3, 0.4) is 0 Å². The van der Waals surface area contributed by atoms with Crippen LogP contribution in [0.25, 0.3) is 11.0 Å². The van der Waals surface area contributed by atoms with Gasteiger partial charge in [0.25, 0.3) is 0 Å². The third kappa shape index (κ3) is 4.59. The number of methoxy groups -OCH3 is 1. The molecule has 4 rings (SSSR count). The summed E-state index contributed by atoms with van der Waals surface area (Å²) in [6.45, 7) is 3.32. The van der Waals surface area contributed by atoms with Crippen molar-refractivity contribution in [3.63, 3.8) is 0 Å². The lowest BCUT2D eigenvalue weighted by atomic mass is 9.82. The number of carboxylic acids is 1. The van der Waals surface area contributed by atoms with E-state index in [4.69, 9.17) is 9.15 Å². The van der Waals surface area contributed by atoms with Crippen molar-refractivity contribution in [2.24, 2.45) is 5.92 Å². The fourth-order valence-electron chi connectivity index (χ4n) is 4.89. The van der Waals surface area contributed by atoms with E-state index >= 15 is 0 Å². The summed E-state index contributed by atoms with van der Waals surface area (Å²) in [5.74, 6) is -1.18. The van der Waals surface area contributed by atoms with Crippen LogP contribution in [0.1, 0.15) is 36.4 Å². The summed E-state index contributed by atoms with van der Waals surface area (Å²) >= 11 is 0. The lowest BCUT2D eigenvalue weighted by molar-refractivity contribution is -0.143. The van der Waals surface area contributed by atoms with Crippen molar-refractivity contribution in [3.05, 3.63) is 65.9 Å². The molecule has 7 heteroatoms. The molecule has 2 heterocycles. The van der Waals surface area contributed by atoms with Crippen LogP contribution in [0.4, 0.5) is 0 Å². The van der Waals surface area contributed by atoms with Crippen molar-refractivity contribution in [2.45, 2.75) is 25.3 Å². The largest absolute Gasteiger partial charge is 0.497 e. The van der Waals surface area contributed by atoms with Gasteiger partial charge in [0.15, 0.2) is 0 Å². The molecule has 1 fully saturated rings. The molecule has 1 aromatic heterocycles. The number of likely N-dealkylation sites (N-methyl/N-ethyl adjacent to an activating group) is 1. The first kappa shape index (κ1) is 22.9. The van der Waals surface area contributed by atoms with Crippen molar-refractivity contribution in [2.75, 3.05) is 33.8 Å². The molecular weight excluding hydrogens is 420 g/mol. The monoisotopic (exact) mass is 450 g/mol. The molecule has 0 unspecified atom stereocenters. The van der Waals surface area contributed by atoms with E-state index in [9.17, 15) is 14.7 Å². The molecule has 1 N–H and O–H groups in total. The maximum absolute atomic E-state index is 12.9. The molecule has 0 radical (unpaired) electrons. The van der Waals surface area contributed by atoms with Crippen LogP contribution in [0, 0.1) is 5.92 Å². The predicted octanol–water partition coefficient (Wildman–Crippen LogP) is 4.15. The van der Waals surface area contributed by atoms with Crippen LogP contribution in [0.5, 0.6) is 5.75 Å². The Labute approximate surface area is 193 Å². The first-order chi connectivity index (χ1) is 15.9. The normalized spacial score (nSPS) is 20.8. The summed E-state index contributed by atoms with van der Waals surface area (Å²) in [6.07, 6.45) is 2.50. The van der Waals surface area contributed by atoms with Crippen LogP contribution < -0.4 is 4.74 Å². The van der Waals surface area contributed by atoms with Gasteiger partial charge in [0.1, 0.15) is 11.3 Å². The van der Waals surface area contributed by atoms with E-state index in [1.807, 2.05) is 60.4 Å². The topological polar surface area (TPSA) is 83.2 Å². The number of hydrogen-bond donors (Lipinski definition) is 1. The highest BCUT2D eigenvalue weighted by Crippen LogP contribution is 2.46. The Balaban J connectivity index is 1.73. The lowest BCUT2D eigenvalue weighted by Crippen LogP contribution is -2.39. The maximum atomic E-state index is 12.9. The number of benzene rings is 2. The molecule has 174 valence electrons. The van der Waals surface area contributed by atoms with Crippen molar-refractivity contribution in [1.82, 2.24) is 9.80 Å². The molecular formula is C26H30N2O5.